The lowest BCUT2D eigenvalue weighted by atomic mass is 10.0. The number of hydrogen-bond donors (Lipinski definition) is 1. The van der Waals surface area contributed by atoms with Gasteiger partial charge in [-0.15, -0.1) is 0 Å². The zero-order valence-electron chi connectivity index (χ0n) is 13.8. The molecule has 1 N–H and O–H groups in total. The number of rotatable bonds is 4. The first-order valence-electron chi connectivity index (χ1n) is 7.79. The van der Waals surface area contributed by atoms with Crippen LogP contribution in [0.2, 0.25) is 5.02 Å². The Kier molecular flexibility index (Phi) is 5.06. The molecule has 0 aliphatic carbocycles. The smallest absolute Gasteiger partial charge is 0.266 e. The number of H-pyrrole nitrogens is 1. The number of ether oxygens (including phenoxy) is 1. The standard InChI is InChI=1S/C20H14ClFN2O2/c1-12-8-15(16(10-23)20(25)24-12)13-6-7-19(18(22)9-13)26-11-14-4-2-3-5-17(14)21/h2-9H,11H2,1H3,(H,24,25). The van der Waals surface area contributed by atoms with Crippen molar-refractivity contribution < 1.29 is 9.13 Å². The lowest BCUT2D eigenvalue weighted by Gasteiger charge is -2.11. The third-order valence-corrected chi connectivity index (χ3v) is 4.23. The third-order valence-electron chi connectivity index (χ3n) is 3.86. The Morgan fingerprint density at radius 1 is 1.23 bits per heavy atom. The molecule has 26 heavy (non-hydrogen) atoms. The Morgan fingerprint density at radius 2 is 2.00 bits per heavy atom. The summed E-state index contributed by atoms with van der Waals surface area (Å²) in [5, 5.41) is 9.75. The molecular weight excluding hydrogens is 355 g/mol. The molecule has 0 fully saturated rings. The number of nitrogens with one attached hydrogen (secondary N) is 1. The first-order chi connectivity index (χ1) is 12.5. The van der Waals surface area contributed by atoms with Gasteiger partial charge in [0.15, 0.2) is 11.6 Å². The lowest BCUT2D eigenvalue weighted by molar-refractivity contribution is 0.290. The van der Waals surface area contributed by atoms with Crippen molar-refractivity contribution in [2.45, 2.75) is 13.5 Å². The minimum atomic E-state index is -0.587. The van der Waals surface area contributed by atoms with Gasteiger partial charge in [-0.05, 0) is 36.8 Å². The summed E-state index contributed by atoms with van der Waals surface area (Å²) in [6.07, 6.45) is 0. The van der Waals surface area contributed by atoms with E-state index in [0.29, 0.717) is 21.8 Å². The van der Waals surface area contributed by atoms with Gasteiger partial charge in [0.05, 0.1) is 0 Å². The van der Waals surface area contributed by atoms with Gasteiger partial charge in [0.25, 0.3) is 5.56 Å². The highest BCUT2D eigenvalue weighted by Gasteiger charge is 2.13. The summed E-state index contributed by atoms with van der Waals surface area (Å²) in [7, 11) is 0. The van der Waals surface area contributed by atoms with Gasteiger partial charge in [-0.1, -0.05) is 35.9 Å². The van der Waals surface area contributed by atoms with Crippen LogP contribution in [0.3, 0.4) is 0 Å². The topological polar surface area (TPSA) is 65.9 Å². The molecule has 0 aliphatic rings. The summed E-state index contributed by atoms with van der Waals surface area (Å²) in [6.45, 7) is 1.83. The molecule has 2 aromatic carbocycles. The van der Waals surface area contributed by atoms with Gasteiger partial charge < -0.3 is 9.72 Å². The summed E-state index contributed by atoms with van der Waals surface area (Å²) in [5.74, 6) is -0.523. The molecule has 4 nitrogen and oxygen atoms in total. The molecule has 3 aromatic rings. The predicted octanol–water partition coefficient (Wildman–Crippen LogP) is 4.59. The molecule has 6 heteroatoms. The fraction of sp³-hybridized carbons (Fsp3) is 0.100. The average Bonchev–Trinajstić information content (AvgIpc) is 2.61. The molecule has 0 bridgehead atoms. The third kappa shape index (κ3) is 3.61. The van der Waals surface area contributed by atoms with Crippen LogP contribution in [0.1, 0.15) is 16.8 Å². The fourth-order valence-electron chi connectivity index (χ4n) is 2.58. The number of aromatic nitrogens is 1. The predicted molar refractivity (Wildman–Crippen MR) is 97.7 cm³/mol. The zero-order valence-corrected chi connectivity index (χ0v) is 14.6. The second kappa shape index (κ2) is 7.42. The Labute approximate surface area is 154 Å². The van der Waals surface area contributed by atoms with E-state index < -0.39 is 11.4 Å². The molecule has 0 aliphatic heterocycles. The minimum absolute atomic E-state index is 0.0558. The van der Waals surface area contributed by atoms with E-state index in [1.54, 1.807) is 37.3 Å². The van der Waals surface area contributed by atoms with E-state index in [4.69, 9.17) is 16.3 Å². The van der Waals surface area contributed by atoms with Crippen LogP contribution in [0.5, 0.6) is 5.75 Å². The largest absolute Gasteiger partial charge is 0.486 e. The van der Waals surface area contributed by atoms with E-state index in [9.17, 15) is 14.4 Å². The van der Waals surface area contributed by atoms with Crippen LogP contribution in [0.4, 0.5) is 4.39 Å². The van der Waals surface area contributed by atoms with Crippen LogP contribution in [-0.4, -0.2) is 4.98 Å². The molecule has 0 spiro atoms. The van der Waals surface area contributed by atoms with Crippen molar-refractivity contribution in [3.8, 4) is 22.9 Å². The summed E-state index contributed by atoms with van der Waals surface area (Å²) >= 11 is 6.06. The summed E-state index contributed by atoms with van der Waals surface area (Å²) in [4.78, 5) is 14.5. The quantitative estimate of drug-likeness (QED) is 0.732. The molecule has 0 saturated heterocycles. The van der Waals surface area contributed by atoms with E-state index in [-0.39, 0.29) is 17.9 Å². The maximum atomic E-state index is 14.4. The van der Waals surface area contributed by atoms with E-state index in [0.717, 1.165) is 5.56 Å². The normalized spacial score (nSPS) is 10.4. The monoisotopic (exact) mass is 368 g/mol. The second-order valence-electron chi connectivity index (χ2n) is 5.71. The van der Waals surface area contributed by atoms with Crippen LogP contribution in [0.15, 0.2) is 53.3 Å². The number of halogens is 2. The van der Waals surface area contributed by atoms with Crippen LogP contribution < -0.4 is 10.3 Å². The highest BCUT2D eigenvalue weighted by Crippen LogP contribution is 2.28. The SMILES string of the molecule is Cc1cc(-c2ccc(OCc3ccccc3Cl)c(F)c2)c(C#N)c(=O)[nH]1. The van der Waals surface area contributed by atoms with Crippen LogP contribution in [0, 0.1) is 24.1 Å². The molecule has 1 aromatic heterocycles. The van der Waals surface area contributed by atoms with Gasteiger partial charge in [-0.25, -0.2) is 4.39 Å². The molecule has 0 unspecified atom stereocenters. The average molecular weight is 369 g/mol. The fourth-order valence-corrected chi connectivity index (χ4v) is 2.77. The Morgan fingerprint density at radius 3 is 2.69 bits per heavy atom. The molecule has 0 amide bonds. The molecule has 130 valence electrons. The van der Waals surface area contributed by atoms with E-state index in [1.165, 1.54) is 12.1 Å². The van der Waals surface area contributed by atoms with E-state index in [2.05, 4.69) is 4.98 Å². The van der Waals surface area contributed by atoms with Crippen molar-refractivity contribution in [1.82, 2.24) is 4.98 Å². The van der Waals surface area contributed by atoms with Crippen molar-refractivity contribution in [1.29, 1.82) is 5.26 Å². The van der Waals surface area contributed by atoms with Crippen molar-refractivity contribution >= 4 is 11.6 Å². The number of aromatic amines is 1. The summed E-state index contributed by atoms with van der Waals surface area (Å²) < 4.78 is 20.0. The van der Waals surface area contributed by atoms with Crippen molar-refractivity contribution in [2.24, 2.45) is 0 Å². The van der Waals surface area contributed by atoms with Gasteiger partial charge in [0.1, 0.15) is 18.2 Å². The summed E-state index contributed by atoms with van der Waals surface area (Å²) in [5.41, 5.74) is 1.59. The van der Waals surface area contributed by atoms with Gasteiger partial charge in [0.2, 0.25) is 0 Å². The second-order valence-corrected chi connectivity index (χ2v) is 6.11. The zero-order chi connectivity index (χ0) is 18.7. The molecule has 0 saturated carbocycles. The van der Waals surface area contributed by atoms with Gasteiger partial charge in [-0.2, -0.15) is 5.26 Å². The van der Waals surface area contributed by atoms with Crippen LogP contribution in [-0.2, 0) is 6.61 Å². The van der Waals surface area contributed by atoms with Crippen molar-refractivity contribution in [3.05, 3.63) is 86.5 Å². The van der Waals surface area contributed by atoms with Crippen LogP contribution >= 0.6 is 11.6 Å². The first-order valence-corrected chi connectivity index (χ1v) is 8.17. The number of benzene rings is 2. The number of nitrogens with zero attached hydrogens (tertiary/aromatic N) is 1. The van der Waals surface area contributed by atoms with Crippen LogP contribution in [0.25, 0.3) is 11.1 Å². The van der Waals surface area contributed by atoms with Gasteiger partial charge in [-0.3, -0.25) is 4.79 Å². The Balaban J connectivity index is 1.91. The first kappa shape index (κ1) is 17.7. The molecule has 3 rings (SSSR count). The van der Waals surface area contributed by atoms with E-state index >= 15 is 0 Å². The molecule has 0 radical (unpaired) electrons. The molecular formula is C20H14ClFN2O2. The molecule has 0 atom stereocenters. The number of pyridine rings is 1. The van der Waals surface area contributed by atoms with Gasteiger partial charge in [0, 0.05) is 21.8 Å². The lowest BCUT2D eigenvalue weighted by Crippen LogP contribution is -2.12. The maximum absolute atomic E-state index is 14.4. The van der Waals surface area contributed by atoms with Crippen molar-refractivity contribution in [2.75, 3.05) is 0 Å². The number of hydrogen-bond acceptors (Lipinski definition) is 3. The van der Waals surface area contributed by atoms with Crippen molar-refractivity contribution in [3.63, 3.8) is 0 Å². The number of nitriles is 1. The highest BCUT2D eigenvalue weighted by atomic mass is 35.5. The molecule has 1 heterocycles. The number of aryl methyl sites for hydroxylation is 1. The van der Waals surface area contributed by atoms with E-state index in [1.807, 2.05) is 12.1 Å². The maximum Gasteiger partial charge on any atom is 0.266 e. The Hall–Kier alpha value is -3.10. The Bertz CT molecular complexity index is 1070. The van der Waals surface area contributed by atoms with Gasteiger partial charge >= 0.3 is 0 Å². The minimum Gasteiger partial charge on any atom is -0.486 e. The highest BCUT2D eigenvalue weighted by molar-refractivity contribution is 6.31. The summed E-state index contributed by atoms with van der Waals surface area (Å²) in [6, 6.07) is 15.0.